The first-order valence-corrected chi connectivity index (χ1v) is 6.15. The summed E-state index contributed by atoms with van der Waals surface area (Å²) in [6.07, 6.45) is 2.44. The Hall–Kier alpha value is -1.40. The van der Waals surface area contributed by atoms with Gasteiger partial charge in [0, 0.05) is 30.7 Å². The van der Waals surface area contributed by atoms with Gasteiger partial charge in [-0.3, -0.25) is 14.3 Å². The van der Waals surface area contributed by atoms with Crippen LogP contribution in [-0.4, -0.2) is 27.4 Å². The molecule has 1 aromatic heterocycles. The topological polar surface area (TPSA) is 84.3 Å². The summed E-state index contributed by atoms with van der Waals surface area (Å²) in [4.78, 5) is 25.3. The van der Waals surface area contributed by atoms with Gasteiger partial charge < -0.3 is 9.84 Å². The molecule has 1 aliphatic rings. The maximum Gasteiger partial charge on any atom is 0.330 e. The Bertz CT molecular complexity index is 522. The quantitative estimate of drug-likeness (QED) is 0.804. The summed E-state index contributed by atoms with van der Waals surface area (Å²) in [5.41, 5.74) is -0.372. The van der Waals surface area contributed by atoms with E-state index in [2.05, 4.69) is 4.98 Å². The molecule has 1 aromatic rings. The Kier molecular flexibility index (Phi) is 3.68. The fraction of sp³-hybridized carbons (Fsp3) is 0.667. The van der Waals surface area contributed by atoms with Crippen molar-refractivity contribution in [1.82, 2.24) is 9.55 Å². The summed E-state index contributed by atoms with van der Waals surface area (Å²) >= 11 is 0. The van der Waals surface area contributed by atoms with Crippen LogP contribution in [0.4, 0.5) is 0 Å². The van der Waals surface area contributed by atoms with Crippen molar-refractivity contribution >= 4 is 0 Å². The van der Waals surface area contributed by atoms with Crippen molar-refractivity contribution in [3.05, 3.63) is 32.6 Å². The van der Waals surface area contributed by atoms with E-state index in [1.54, 1.807) is 6.92 Å². The molecule has 18 heavy (non-hydrogen) atoms. The Morgan fingerprint density at radius 2 is 2.28 bits per heavy atom. The van der Waals surface area contributed by atoms with Crippen LogP contribution in [-0.2, 0) is 4.74 Å². The van der Waals surface area contributed by atoms with Crippen molar-refractivity contribution in [3.63, 3.8) is 0 Å². The van der Waals surface area contributed by atoms with Crippen molar-refractivity contribution in [1.29, 1.82) is 0 Å². The number of ether oxygens (including phenoxy) is 1. The number of H-pyrrole nitrogens is 1. The molecule has 6 heteroatoms. The monoisotopic (exact) mass is 254 g/mol. The minimum Gasteiger partial charge on any atom is -0.396 e. The highest BCUT2D eigenvalue weighted by atomic mass is 16.5. The summed E-state index contributed by atoms with van der Waals surface area (Å²) in [5.74, 6) is 0.0409. The Morgan fingerprint density at radius 3 is 2.83 bits per heavy atom. The van der Waals surface area contributed by atoms with E-state index >= 15 is 0 Å². The zero-order valence-corrected chi connectivity index (χ0v) is 10.5. The highest BCUT2D eigenvalue weighted by Gasteiger charge is 2.35. The van der Waals surface area contributed by atoms with Crippen LogP contribution < -0.4 is 11.2 Å². The normalized spacial score (nSPS) is 27.6. The summed E-state index contributed by atoms with van der Waals surface area (Å²) in [7, 11) is 0. The molecule has 1 saturated heterocycles. The molecule has 2 heterocycles. The molecule has 100 valence electrons. The number of aromatic amines is 1. The van der Waals surface area contributed by atoms with E-state index in [1.165, 1.54) is 10.8 Å². The third kappa shape index (κ3) is 2.26. The van der Waals surface area contributed by atoms with Crippen LogP contribution in [0, 0.1) is 12.8 Å². The predicted octanol–water partition coefficient (Wildman–Crippen LogP) is 0.151. The van der Waals surface area contributed by atoms with Gasteiger partial charge in [-0.05, 0) is 13.3 Å². The van der Waals surface area contributed by atoms with E-state index in [0.717, 1.165) is 6.42 Å². The Morgan fingerprint density at radius 1 is 1.56 bits per heavy atom. The molecule has 1 aliphatic heterocycles. The van der Waals surface area contributed by atoms with Crippen molar-refractivity contribution < 1.29 is 9.84 Å². The first-order valence-electron chi connectivity index (χ1n) is 6.15. The molecule has 0 amide bonds. The molecule has 2 rings (SSSR count). The van der Waals surface area contributed by atoms with Gasteiger partial charge in [0.15, 0.2) is 0 Å². The van der Waals surface area contributed by atoms with Crippen molar-refractivity contribution in [2.24, 2.45) is 5.92 Å². The average Bonchev–Trinajstić information content (AvgIpc) is 2.76. The lowest BCUT2D eigenvalue weighted by molar-refractivity contribution is -0.0126. The molecule has 1 unspecified atom stereocenters. The third-order valence-electron chi connectivity index (χ3n) is 3.46. The summed E-state index contributed by atoms with van der Waals surface area (Å²) in [6.45, 7) is 3.67. The highest BCUT2D eigenvalue weighted by molar-refractivity contribution is 5.01. The van der Waals surface area contributed by atoms with Gasteiger partial charge in [-0.15, -0.1) is 0 Å². The van der Waals surface area contributed by atoms with Crippen LogP contribution in [0.3, 0.4) is 0 Å². The van der Waals surface area contributed by atoms with E-state index in [4.69, 9.17) is 4.74 Å². The van der Waals surface area contributed by atoms with Gasteiger partial charge in [-0.25, -0.2) is 4.79 Å². The average molecular weight is 254 g/mol. The predicted molar refractivity (Wildman–Crippen MR) is 65.5 cm³/mol. The maximum atomic E-state index is 11.7. The lowest BCUT2D eigenvalue weighted by atomic mass is 10.0. The molecule has 2 N–H and O–H groups in total. The van der Waals surface area contributed by atoms with Crippen molar-refractivity contribution in [3.8, 4) is 0 Å². The second-order valence-electron chi connectivity index (χ2n) is 4.69. The fourth-order valence-corrected chi connectivity index (χ4v) is 2.38. The molecule has 0 saturated carbocycles. The van der Waals surface area contributed by atoms with Crippen LogP contribution in [0.1, 0.15) is 31.6 Å². The van der Waals surface area contributed by atoms with Crippen LogP contribution in [0.2, 0.25) is 0 Å². The van der Waals surface area contributed by atoms with Crippen LogP contribution >= 0.6 is 0 Å². The second kappa shape index (κ2) is 5.07. The number of aliphatic hydroxyl groups is 1. The molecule has 0 aromatic carbocycles. The summed E-state index contributed by atoms with van der Waals surface area (Å²) < 4.78 is 7.15. The van der Waals surface area contributed by atoms with Gasteiger partial charge in [0.2, 0.25) is 0 Å². The number of aliphatic hydroxyl groups excluding tert-OH is 1. The molecule has 3 atom stereocenters. The molecular weight excluding hydrogens is 236 g/mol. The van der Waals surface area contributed by atoms with Gasteiger partial charge in [0.25, 0.3) is 5.56 Å². The fourth-order valence-electron chi connectivity index (χ4n) is 2.38. The van der Waals surface area contributed by atoms with E-state index in [0.29, 0.717) is 12.0 Å². The number of hydrogen-bond acceptors (Lipinski definition) is 4. The zero-order valence-electron chi connectivity index (χ0n) is 10.5. The van der Waals surface area contributed by atoms with Gasteiger partial charge in [-0.2, -0.15) is 0 Å². The zero-order chi connectivity index (χ0) is 13.3. The van der Waals surface area contributed by atoms with E-state index in [9.17, 15) is 14.7 Å². The third-order valence-corrected chi connectivity index (χ3v) is 3.46. The minimum atomic E-state index is -0.468. The van der Waals surface area contributed by atoms with Crippen LogP contribution in [0.25, 0.3) is 0 Å². The standard InChI is InChI=1S/C12H18N2O4/c1-3-9-8(6-15)4-10(18-9)14-5-7(2)11(16)13-12(14)17/h5,8-10,15H,3-4,6H2,1-2H3,(H,13,16,17)/t8?,9-,10-/m1/s1. The number of nitrogens with zero attached hydrogens (tertiary/aromatic N) is 1. The molecular formula is C12H18N2O4. The molecule has 1 fully saturated rings. The summed E-state index contributed by atoms with van der Waals surface area (Å²) in [6, 6.07) is 0. The van der Waals surface area contributed by atoms with Gasteiger partial charge in [0.1, 0.15) is 6.23 Å². The van der Waals surface area contributed by atoms with Gasteiger partial charge >= 0.3 is 5.69 Å². The molecule has 0 radical (unpaired) electrons. The minimum absolute atomic E-state index is 0.0409. The van der Waals surface area contributed by atoms with E-state index in [1.807, 2.05) is 6.92 Å². The Balaban J connectivity index is 2.31. The first-order chi connectivity index (χ1) is 8.56. The lowest BCUT2D eigenvalue weighted by Gasteiger charge is -2.15. The summed E-state index contributed by atoms with van der Waals surface area (Å²) in [5, 5.41) is 9.28. The lowest BCUT2D eigenvalue weighted by Crippen LogP contribution is -2.33. The molecule has 0 bridgehead atoms. The van der Waals surface area contributed by atoms with Crippen LogP contribution in [0.15, 0.2) is 15.8 Å². The van der Waals surface area contributed by atoms with Crippen LogP contribution in [0.5, 0.6) is 0 Å². The number of hydrogen-bond donors (Lipinski definition) is 2. The number of rotatable bonds is 3. The SMILES string of the molecule is CC[C@H]1O[C@@H](n2cc(C)c(=O)[nH]c2=O)CC1CO. The second-order valence-corrected chi connectivity index (χ2v) is 4.69. The van der Waals surface area contributed by atoms with E-state index in [-0.39, 0.29) is 24.2 Å². The maximum absolute atomic E-state index is 11.7. The van der Waals surface area contributed by atoms with Gasteiger partial charge in [-0.1, -0.05) is 6.92 Å². The Labute approximate surface area is 104 Å². The first kappa shape index (κ1) is 13.0. The largest absolute Gasteiger partial charge is 0.396 e. The molecule has 0 spiro atoms. The van der Waals surface area contributed by atoms with Crippen molar-refractivity contribution in [2.75, 3.05) is 6.61 Å². The number of nitrogens with one attached hydrogen (secondary N) is 1. The number of aromatic nitrogens is 2. The molecule has 0 aliphatic carbocycles. The highest BCUT2D eigenvalue weighted by Crippen LogP contribution is 2.33. The van der Waals surface area contributed by atoms with Gasteiger partial charge in [0.05, 0.1) is 6.10 Å². The van der Waals surface area contributed by atoms with E-state index < -0.39 is 11.9 Å². The smallest absolute Gasteiger partial charge is 0.330 e. The van der Waals surface area contributed by atoms with Crippen molar-refractivity contribution in [2.45, 2.75) is 39.0 Å². The number of aryl methyl sites for hydroxylation is 1. The molecule has 6 nitrogen and oxygen atoms in total.